The normalized spacial score (nSPS) is 19.7. The van der Waals surface area contributed by atoms with Crippen molar-refractivity contribution < 1.29 is 13.2 Å². The Bertz CT molecular complexity index is 1210. The van der Waals surface area contributed by atoms with Crippen LogP contribution in [0.15, 0.2) is 48.0 Å². The van der Waals surface area contributed by atoms with Gasteiger partial charge in [0.2, 0.25) is 20.9 Å². The lowest BCUT2D eigenvalue weighted by molar-refractivity contribution is -0.130. The van der Waals surface area contributed by atoms with Crippen LogP contribution in [0.3, 0.4) is 0 Å². The van der Waals surface area contributed by atoms with Gasteiger partial charge in [0.1, 0.15) is 0 Å². The third kappa shape index (κ3) is 3.39. The second-order valence-electron chi connectivity index (χ2n) is 7.36. The summed E-state index contributed by atoms with van der Waals surface area (Å²) in [5.41, 5.74) is 1.13. The van der Waals surface area contributed by atoms with E-state index < -0.39 is 15.3 Å². The topological polar surface area (TPSA) is 111 Å². The van der Waals surface area contributed by atoms with Crippen LogP contribution in [0.5, 0.6) is 0 Å². The number of carbonyl (C=O) groups is 1. The summed E-state index contributed by atoms with van der Waals surface area (Å²) in [5.74, 6) is 0.615. The molecule has 0 saturated carbocycles. The van der Waals surface area contributed by atoms with Gasteiger partial charge in [-0.2, -0.15) is 5.10 Å². The van der Waals surface area contributed by atoms with Crippen LogP contribution in [0, 0.1) is 0 Å². The highest BCUT2D eigenvalue weighted by Gasteiger charge is 2.43. The van der Waals surface area contributed by atoms with Crippen molar-refractivity contribution in [3.05, 3.63) is 48.4 Å². The van der Waals surface area contributed by atoms with Crippen molar-refractivity contribution in [3.8, 4) is 17.2 Å². The summed E-state index contributed by atoms with van der Waals surface area (Å²) < 4.78 is 25.1. The minimum absolute atomic E-state index is 0.0769. The van der Waals surface area contributed by atoms with Gasteiger partial charge in [0, 0.05) is 37.8 Å². The monoisotopic (exact) mass is 412 g/mol. The highest BCUT2D eigenvalue weighted by atomic mass is 32.2. The summed E-state index contributed by atoms with van der Waals surface area (Å²) in [4.78, 5) is 26.7. The molecule has 1 fully saturated rings. The number of nitrogens with zero attached hydrogens (tertiary/aromatic N) is 6. The van der Waals surface area contributed by atoms with Gasteiger partial charge in [0.15, 0.2) is 5.82 Å². The van der Waals surface area contributed by atoms with E-state index in [4.69, 9.17) is 0 Å². The second kappa shape index (κ2) is 6.73. The SMILES string of the molecule is CN1CC[C@](C)(c2cnn(-c3cccc(-c4ccnc(S(C)(=O)=O)n4)n3)c2)C1=O. The maximum atomic E-state index is 12.5. The molecular formula is C19H20N6O3S. The third-order valence-electron chi connectivity index (χ3n) is 5.18. The van der Waals surface area contributed by atoms with Crippen molar-refractivity contribution >= 4 is 15.7 Å². The average Bonchev–Trinajstić information content (AvgIpc) is 3.30. The highest BCUT2D eigenvalue weighted by Crippen LogP contribution is 2.34. The van der Waals surface area contributed by atoms with E-state index in [9.17, 15) is 13.2 Å². The minimum Gasteiger partial charge on any atom is -0.345 e. The van der Waals surface area contributed by atoms with Gasteiger partial charge in [-0.05, 0) is 31.5 Å². The van der Waals surface area contributed by atoms with Gasteiger partial charge in [-0.1, -0.05) is 6.07 Å². The number of hydrogen-bond donors (Lipinski definition) is 0. The first-order chi connectivity index (χ1) is 13.7. The van der Waals surface area contributed by atoms with Crippen LogP contribution in [-0.2, 0) is 20.0 Å². The molecule has 0 aromatic carbocycles. The third-order valence-corrected chi connectivity index (χ3v) is 6.04. The molecule has 4 rings (SSSR count). The molecule has 3 aromatic rings. The Balaban J connectivity index is 1.69. The van der Waals surface area contributed by atoms with E-state index in [0.717, 1.165) is 18.2 Å². The maximum absolute atomic E-state index is 12.5. The van der Waals surface area contributed by atoms with Crippen molar-refractivity contribution in [1.29, 1.82) is 0 Å². The van der Waals surface area contributed by atoms with Crippen molar-refractivity contribution in [2.75, 3.05) is 19.8 Å². The minimum atomic E-state index is -3.52. The van der Waals surface area contributed by atoms with Crippen molar-refractivity contribution in [2.24, 2.45) is 0 Å². The van der Waals surface area contributed by atoms with E-state index >= 15 is 0 Å². The molecule has 1 amide bonds. The standard InChI is InChI=1S/C19H20N6O3S/c1-19(8-10-24(2)17(19)26)13-11-21-25(12-13)16-6-4-5-14(22-16)15-7-9-20-18(23-15)29(3,27)28/h4-7,9,11-12H,8,10H2,1-3H3/t19-/m1/s1. The molecule has 0 radical (unpaired) electrons. The zero-order valence-corrected chi connectivity index (χ0v) is 17.1. The van der Waals surface area contributed by atoms with Crippen LogP contribution in [0.1, 0.15) is 18.9 Å². The maximum Gasteiger partial charge on any atom is 0.247 e. The number of sulfone groups is 1. The van der Waals surface area contributed by atoms with Gasteiger partial charge in [0.25, 0.3) is 0 Å². The molecule has 4 heterocycles. The number of aromatic nitrogens is 5. The van der Waals surface area contributed by atoms with E-state index in [1.54, 1.807) is 47.1 Å². The van der Waals surface area contributed by atoms with Gasteiger partial charge in [-0.25, -0.2) is 28.1 Å². The largest absolute Gasteiger partial charge is 0.345 e. The fourth-order valence-corrected chi connectivity index (χ4v) is 3.89. The molecule has 0 unspecified atom stereocenters. The number of rotatable bonds is 4. The van der Waals surface area contributed by atoms with Gasteiger partial charge >= 0.3 is 0 Å². The molecule has 29 heavy (non-hydrogen) atoms. The number of likely N-dealkylation sites (N-methyl/N-ethyl adjacent to an activating group) is 1. The molecule has 1 atom stereocenters. The molecule has 1 aliphatic rings. The molecule has 9 nitrogen and oxygen atoms in total. The zero-order valence-electron chi connectivity index (χ0n) is 16.3. The Kier molecular flexibility index (Phi) is 4.45. The molecule has 1 aliphatic heterocycles. The van der Waals surface area contributed by atoms with E-state index in [0.29, 0.717) is 23.8 Å². The molecule has 10 heteroatoms. The first-order valence-corrected chi connectivity index (χ1v) is 10.9. The van der Waals surface area contributed by atoms with E-state index in [-0.39, 0.29) is 11.1 Å². The van der Waals surface area contributed by atoms with Crippen molar-refractivity contribution in [3.63, 3.8) is 0 Å². The summed E-state index contributed by atoms with van der Waals surface area (Å²) in [6.45, 7) is 2.64. The van der Waals surface area contributed by atoms with Gasteiger partial charge < -0.3 is 4.90 Å². The predicted molar refractivity (Wildman–Crippen MR) is 105 cm³/mol. The summed E-state index contributed by atoms with van der Waals surface area (Å²) in [6, 6.07) is 6.91. The van der Waals surface area contributed by atoms with Crippen LogP contribution in [0.2, 0.25) is 0 Å². The Labute approximate surface area is 168 Å². The fourth-order valence-electron chi connectivity index (χ4n) is 3.38. The van der Waals surface area contributed by atoms with Crippen LogP contribution >= 0.6 is 0 Å². The Morgan fingerprint density at radius 2 is 1.90 bits per heavy atom. The number of carbonyl (C=O) groups excluding carboxylic acids is 1. The van der Waals surface area contributed by atoms with Crippen LogP contribution in [0.4, 0.5) is 0 Å². The Hall–Kier alpha value is -3.14. The van der Waals surface area contributed by atoms with Gasteiger partial charge in [-0.15, -0.1) is 0 Å². The van der Waals surface area contributed by atoms with Crippen LogP contribution in [-0.4, -0.2) is 63.8 Å². The Morgan fingerprint density at radius 3 is 2.59 bits per heavy atom. The average molecular weight is 412 g/mol. The van der Waals surface area contributed by atoms with Crippen LogP contribution < -0.4 is 0 Å². The first-order valence-electron chi connectivity index (χ1n) is 9.00. The lowest BCUT2D eigenvalue weighted by Gasteiger charge is -2.20. The van der Waals surface area contributed by atoms with Crippen LogP contribution in [0.25, 0.3) is 17.2 Å². The lowest BCUT2D eigenvalue weighted by atomic mass is 9.83. The Morgan fingerprint density at radius 1 is 1.14 bits per heavy atom. The number of pyridine rings is 1. The fraction of sp³-hybridized carbons (Fsp3) is 0.316. The van der Waals surface area contributed by atoms with E-state index in [2.05, 4.69) is 20.1 Å². The highest BCUT2D eigenvalue weighted by molar-refractivity contribution is 7.90. The van der Waals surface area contributed by atoms with E-state index in [1.807, 2.05) is 13.1 Å². The smallest absolute Gasteiger partial charge is 0.247 e. The number of amides is 1. The molecule has 0 N–H and O–H groups in total. The molecule has 3 aromatic heterocycles. The van der Waals surface area contributed by atoms with Gasteiger partial charge in [-0.3, -0.25) is 4.79 Å². The number of likely N-dealkylation sites (tertiary alicyclic amines) is 1. The summed E-state index contributed by atoms with van der Waals surface area (Å²) in [6.07, 6.45) is 6.69. The van der Waals surface area contributed by atoms with Gasteiger partial charge in [0.05, 0.1) is 23.0 Å². The van der Waals surface area contributed by atoms with E-state index in [1.165, 1.54) is 6.20 Å². The lowest BCUT2D eigenvalue weighted by Crippen LogP contribution is -2.33. The predicted octanol–water partition coefficient (Wildman–Crippen LogP) is 1.25. The summed E-state index contributed by atoms with van der Waals surface area (Å²) in [5, 5.41) is 4.13. The van der Waals surface area contributed by atoms with Crippen molar-refractivity contribution in [2.45, 2.75) is 23.9 Å². The molecule has 150 valence electrons. The molecule has 0 aliphatic carbocycles. The molecule has 1 saturated heterocycles. The zero-order chi connectivity index (χ0) is 20.8. The summed E-state index contributed by atoms with van der Waals surface area (Å²) >= 11 is 0. The summed E-state index contributed by atoms with van der Waals surface area (Å²) in [7, 11) is -1.72. The quantitative estimate of drug-likeness (QED) is 0.593. The first kappa shape index (κ1) is 19.2. The number of hydrogen-bond acceptors (Lipinski definition) is 7. The van der Waals surface area contributed by atoms with Crippen molar-refractivity contribution in [1.82, 2.24) is 29.6 Å². The molecule has 0 spiro atoms. The molecular weight excluding hydrogens is 392 g/mol. The molecule has 0 bridgehead atoms. The second-order valence-corrected chi connectivity index (χ2v) is 9.27.